The Morgan fingerprint density at radius 2 is 0.875 bits per heavy atom. The van der Waals surface area contributed by atoms with Crippen LogP contribution in [0.2, 0.25) is 0 Å². The van der Waals surface area contributed by atoms with E-state index in [9.17, 15) is 0 Å². The van der Waals surface area contributed by atoms with Crippen LogP contribution in [-0.2, 0) is 0 Å². The highest BCUT2D eigenvalue weighted by Gasteiger charge is 2.22. The Morgan fingerprint density at radius 3 is 1.54 bits per heavy atom. The van der Waals surface area contributed by atoms with Gasteiger partial charge in [-0.05, 0) is 52.6 Å². The van der Waals surface area contributed by atoms with Crippen LogP contribution in [0, 0.1) is 0 Å². The Balaban J connectivity index is 1.17. The molecule has 0 saturated heterocycles. The molecule has 0 N–H and O–H groups in total. The van der Waals surface area contributed by atoms with Gasteiger partial charge < -0.3 is 8.98 Å². The summed E-state index contributed by atoms with van der Waals surface area (Å²) in [6, 6.07) is 67.4. The second-order valence-electron chi connectivity index (χ2n) is 14.0. The second-order valence-corrected chi connectivity index (χ2v) is 14.0. The van der Waals surface area contributed by atoms with Gasteiger partial charge >= 0.3 is 0 Å². The highest BCUT2D eigenvalue weighted by Crippen LogP contribution is 2.43. The summed E-state index contributed by atoms with van der Waals surface area (Å²) in [5.74, 6) is 1.82. The maximum Gasteiger partial charge on any atom is 0.164 e. The average molecular weight is 717 g/mol. The van der Waals surface area contributed by atoms with Crippen LogP contribution in [0.1, 0.15) is 0 Å². The number of benzene rings is 8. The van der Waals surface area contributed by atoms with Crippen molar-refractivity contribution in [2.45, 2.75) is 0 Å². The van der Waals surface area contributed by atoms with E-state index in [-0.39, 0.29) is 0 Å². The minimum Gasteiger partial charge on any atom is -0.454 e. The van der Waals surface area contributed by atoms with E-state index in [1.807, 2.05) is 60.7 Å². The topological polar surface area (TPSA) is 56.7 Å². The van der Waals surface area contributed by atoms with E-state index < -0.39 is 0 Å². The van der Waals surface area contributed by atoms with Crippen LogP contribution >= 0.6 is 0 Å². The number of hydrogen-bond acceptors (Lipinski definition) is 4. The van der Waals surface area contributed by atoms with Crippen molar-refractivity contribution in [3.8, 4) is 62.1 Å². The van der Waals surface area contributed by atoms with E-state index in [0.717, 1.165) is 72.0 Å². The van der Waals surface area contributed by atoms with Crippen molar-refractivity contribution in [1.29, 1.82) is 0 Å². The van der Waals surface area contributed by atoms with Crippen LogP contribution in [0.5, 0.6) is 0 Å². The molecule has 0 aliphatic heterocycles. The van der Waals surface area contributed by atoms with Gasteiger partial charge in [0, 0.05) is 38.2 Å². The third-order valence-corrected chi connectivity index (χ3v) is 10.7. The summed E-state index contributed by atoms with van der Waals surface area (Å²) in [6.45, 7) is 0. The summed E-state index contributed by atoms with van der Waals surface area (Å²) in [6.07, 6.45) is 0. The second kappa shape index (κ2) is 13.0. The Hall–Kier alpha value is -7.63. The van der Waals surface area contributed by atoms with Gasteiger partial charge in [-0.3, -0.25) is 0 Å². The summed E-state index contributed by atoms with van der Waals surface area (Å²) in [4.78, 5) is 14.9. The first-order chi connectivity index (χ1) is 27.8. The molecule has 0 atom stereocenters. The van der Waals surface area contributed by atoms with E-state index in [0.29, 0.717) is 17.5 Å². The molecule has 0 spiro atoms. The zero-order chi connectivity index (χ0) is 37.0. The van der Waals surface area contributed by atoms with Gasteiger partial charge in [-0.2, -0.15) is 0 Å². The van der Waals surface area contributed by atoms with Crippen LogP contribution in [-0.4, -0.2) is 19.5 Å². The number of aromatic nitrogens is 4. The summed E-state index contributed by atoms with van der Waals surface area (Å²) in [7, 11) is 0. The van der Waals surface area contributed by atoms with Crippen molar-refractivity contribution in [3.05, 3.63) is 194 Å². The fourth-order valence-electron chi connectivity index (χ4n) is 8.02. The van der Waals surface area contributed by atoms with Gasteiger partial charge in [-0.15, -0.1) is 0 Å². The smallest absolute Gasteiger partial charge is 0.164 e. The van der Waals surface area contributed by atoms with Crippen molar-refractivity contribution >= 4 is 43.7 Å². The predicted octanol–water partition coefficient (Wildman–Crippen LogP) is 13.2. The lowest BCUT2D eigenvalue weighted by Gasteiger charge is -2.12. The lowest BCUT2D eigenvalue weighted by Crippen LogP contribution is -2.00. The first kappa shape index (κ1) is 31.9. The molecule has 3 heterocycles. The Morgan fingerprint density at radius 1 is 0.357 bits per heavy atom. The first-order valence-electron chi connectivity index (χ1n) is 18.8. The molecule has 0 bridgehead atoms. The summed E-state index contributed by atoms with van der Waals surface area (Å²) in [5.41, 5.74) is 12.1. The van der Waals surface area contributed by atoms with Crippen LogP contribution < -0.4 is 0 Å². The first-order valence-corrected chi connectivity index (χ1v) is 18.8. The van der Waals surface area contributed by atoms with Crippen LogP contribution in [0.4, 0.5) is 0 Å². The Bertz CT molecular complexity index is 3170. The van der Waals surface area contributed by atoms with Crippen LogP contribution in [0.15, 0.2) is 199 Å². The predicted molar refractivity (Wildman–Crippen MR) is 229 cm³/mol. The Kier molecular flexibility index (Phi) is 7.42. The maximum atomic E-state index is 7.08. The molecule has 5 nitrogen and oxygen atoms in total. The fourth-order valence-corrected chi connectivity index (χ4v) is 8.02. The molecule has 5 heteroatoms. The van der Waals surface area contributed by atoms with E-state index in [4.69, 9.17) is 19.4 Å². The van der Waals surface area contributed by atoms with Crippen LogP contribution in [0.3, 0.4) is 0 Å². The van der Waals surface area contributed by atoms with Gasteiger partial charge in [0.1, 0.15) is 5.58 Å². The van der Waals surface area contributed by atoms with E-state index in [2.05, 4.69) is 138 Å². The number of furan rings is 1. The van der Waals surface area contributed by atoms with Crippen molar-refractivity contribution in [2.75, 3.05) is 0 Å². The van der Waals surface area contributed by atoms with Gasteiger partial charge in [-0.1, -0.05) is 164 Å². The normalized spacial score (nSPS) is 11.6. The quantitative estimate of drug-likeness (QED) is 0.172. The molecule has 0 amide bonds. The lowest BCUT2D eigenvalue weighted by molar-refractivity contribution is 0.666. The van der Waals surface area contributed by atoms with Gasteiger partial charge in [0.25, 0.3) is 0 Å². The van der Waals surface area contributed by atoms with Crippen molar-refractivity contribution in [3.63, 3.8) is 0 Å². The molecule has 0 aliphatic rings. The number of rotatable bonds is 6. The van der Waals surface area contributed by atoms with E-state index in [1.165, 1.54) is 16.3 Å². The third kappa shape index (κ3) is 5.29. The zero-order valence-corrected chi connectivity index (χ0v) is 30.2. The molecule has 11 rings (SSSR count). The summed E-state index contributed by atoms with van der Waals surface area (Å²) in [5, 5.41) is 4.47. The lowest BCUT2D eigenvalue weighted by atomic mass is 9.98. The van der Waals surface area contributed by atoms with Gasteiger partial charge in [0.15, 0.2) is 23.1 Å². The number of para-hydroxylation sites is 1. The molecular weight excluding hydrogens is 685 g/mol. The van der Waals surface area contributed by atoms with E-state index in [1.54, 1.807) is 0 Å². The summed E-state index contributed by atoms with van der Waals surface area (Å²) < 4.78 is 9.45. The summed E-state index contributed by atoms with van der Waals surface area (Å²) >= 11 is 0. The van der Waals surface area contributed by atoms with Gasteiger partial charge in [0.05, 0.1) is 16.7 Å². The molecule has 0 radical (unpaired) electrons. The molecule has 56 heavy (non-hydrogen) atoms. The Labute approximate surface area is 322 Å². The number of fused-ring (bicyclic) bond motifs is 6. The minimum atomic E-state index is 0.583. The molecule has 0 saturated carbocycles. The average Bonchev–Trinajstić information content (AvgIpc) is 3.83. The minimum absolute atomic E-state index is 0.583. The van der Waals surface area contributed by atoms with Crippen LogP contribution in [0.25, 0.3) is 106 Å². The maximum absolute atomic E-state index is 7.08. The standard InChI is InChI=1S/C51H32N4O/c1-5-15-33(16-6-1)37-25-27-41-40-23-13-14-24-43(40)55(45(41)31-37)44-30-29-39(34-17-7-2-8-18-34)47-42-28-26-38(32-46(42)56-48(44)47)51-53-49(35-19-9-3-10-20-35)52-50(54-51)36-21-11-4-12-22-36/h1-32H. The molecule has 262 valence electrons. The number of nitrogens with zero attached hydrogens (tertiary/aromatic N) is 4. The van der Waals surface area contributed by atoms with E-state index >= 15 is 0 Å². The van der Waals surface area contributed by atoms with Crippen molar-refractivity contribution in [2.24, 2.45) is 0 Å². The molecule has 11 aromatic rings. The monoisotopic (exact) mass is 716 g/mol. The molecule has 0 fully saturated rings. The van der Waals surface area contributed by atoms with Crippen molar-refractivity contribution < 1.29 is 4.42 Å². The van der Waals surface area contributed by atoms with Crippen molar-refractivity contribution in [1.82, 2.24) is 19.5 Å². The van der Waals surface area contributed by atoms with Gasteiger partial charge in [-0.25, -0.2) is 15.0 Å². The SMILES string of the molecule is c1ccc(-c2ccc3c4ccccc4n(-c4ccc(-c5ccccc5)c5c4oc4cc(-c6nc(-c7ccccc7)nc(-c7ccccc7)n6)ccc45)c3c2)cc1. The third-order valence-electron chi connectivity index (χ3n) is 10.7. The molecule has 8 aromatic carbocycles. The molecule has 0 aliphatic carbocycles. The highest BCUT2D eigenvalue weighted by molar-refractivity contribution is 6.17. The molecule has 0 unspecified atom stereocenters. The molecular formula is C51H32N4O. The highest BCUT2D eigenvalue weighted by atomic mass is 16.3. The number of hydrogen-bond donors (Lipinski definition) is 0. The fraction of sp³-hybridized carbons (Fsp3) is 0. The van der Waals surface area contributed by atoms with Gasteiger partial charge in [0.2, 0.25) is 0 Å². The zero-order valence-electron chi connectivity index (χ0n) is 30.2. The molecule has 3 aromatic heterocycles. The largest absolute Gasteiger partial charge is 0.454 e.